The zero-order valence-corrected chi connectivity index (χ0v) is 18.4. The molecule has 0 atom stereocenters. The van der Waals surface area contributed by atoms with E-state index >= 15 is 0 Å². The number of nitrogens with zero attached hydrogens (tertiary/aromatic N) is 4. The molecular formula is C24H24N4O4. The summed E-state index contributed by atoms with van der Waals surface area (Å²) in [6, 6.07) is 21.2. The molecule has 0 aliphatic heterocycles. The predicted octanol–water partition coefficient (Wildman–Crippen LogP) is 6.00. The van der Waals surface area contributed by atoms with Crippen LogP contribution in [0.5, 0.6) is 0 Å². The molecule has 2 heterocycles. The lowest BCUT2D eigenvalue weighted by atomic mass is 10.2. The van der Waals surface area contributed by atoms with E-state index in [0.29, 0.717) is 0 Å². The van der Waals surface area contributed by atoms with Gasteiger partial charge in [0.15, 0.2) is 0 Å². The number of aryl methyl sites for hydroxylation is 4. The van der Waals surface area contributed by atoms with Crippen molar-refractivity contribution in [3.05, 3.63) is 116 Å². The number of non-ortho nitro benzene ring substituents is 2. The number of aromatic nitrogens is 2. The Bertz CT molecular complexity index is 1110. The summed E-state index contributed by atoms with van der Waals surface area (Å²) in [5, 5.41) is 21.1. The molecule has 4 rings (SSSR count). The van der Waals surface area contributed by atoms with Crippen LogP contribution < -0.4 is 0 Å². The van der Waals surface area contributed by atoms with Crippen molar-refractivity contribution in [1.29, 1.82) is 0 Å². The van der Waals surface area contributed by atoms with E-state index in [4.69, 9.17) is 0 Å². The van der Waals surface area contributed by atoms with Crippen molar-refractivity contribution in [2.24, 2.45) is 0 Å². The van der Waals surface area contributed by atoms with Gasteiger partial charge >= 0.3 is 0 Å². The van der Waals surface area contributed by atoms with Crippen molar-refractivity contribution in [2.75, 3.05) is 0 Å². The summed E-state index contributed by atoms with van der Waals surface area (Å²) >= 11 is 0. The summed E-state index contributed by atoms with van der Waals surface area (Å²) in [6.45, 7) is 8.03. The fourth-order valence-electron chi connectivity index (χ4n) is 3.60. The van der Waals surface area contributed by atoms with E-state index in [9.17, 15) is 20.2 Å². The molecule has 0 bridgehead atoms. The Morgan fingerprint density at radius 1 is 0.500 bits per heavy atom. The van der Waals surface area contributed by atoms with Crippen LogP contribution in [0, 0.1) is 47.9 Å². The number of nitro groups is 2. The van der Waals surface area contributed by atoms with Crippen molar-refractivity contribution in [1.82, 2.24) is 9.13 Å². The quantitative estimate of drug-likeness (QED) is 0.292. The smallest absolute Gasteiger partial charge is 0.269 e. The molecule has 2 aromatic heterocycles. The molecule has 0 fully saturated rings. The highest BCUT2D eigenvalue weighted by molar-refractivity contribution is 5.44. The lowest BCUT2D eigenvalue weighted by Crippen LogP contribution is -1.98. The van der Waals surface area contributed by atoms with Crippen molar-refractivity contribution in [2.45, 2.75) is 27.7 Å². The van der Waals surface area contributed by atoms with Crippen LogP contribution in [0.15, 0.2) is 72.8 Å². The van der Waals surface area contributed by atoms with E-state index in [1.807, 2.05) is 52.0 Å². The second-order valence-electron chi connectivity index (χ2n) is 7.45. The average molecular weight is 432 g/mol. The van der Waals surface area contributed by atoms with Crippen molar-refractivity contribution >= 4 is 11.4 Å². The second-order valence-corrected chi connectivity index (χ2v) is 7.45. The number of rotatable bonds is 4. The Kier molecular flexibility index (Phi) is 6.53. The highest BCUT2D eigenvalue weighted by atomic mass is 16.6. The molecule has 0 unspecified atom stereocenters. The van der Waals surface area contributed by atoms with E-state index in [1.54, 1.807) is 24.3 Å². The molecule has 0 amide bonds. The molecule has 0 N–H and O–H groups in total. The average Bonchev–Trinajstić information content (AvgIpc) is 3.28. The minimum atomic E-state index is -0.390. The molecule has 0 radical (unpaired) electrons. The van der Waals surface area contributed by atoms with Gasteiger partial charge in [-0.2, -0.15) is 0 Å². The van der Waals surface area contributed by atoms with Crippen LogP contribution in [-0.2, 0) is 0 Å². The zero-order chi connectivity index (χ0) is 23.4. The first-order valence-electron chi connectivity index (χ1n) is 9.98. The van der Waals surface area contributed by atoms with Crippen molar-refractivity contribution in [3.8, 4) is 11.4 Å². The monoisotopic (exact) mass is 432 g/mol. The summed E-state index contributed by atoms with van der Waals surface area (Å²) in [6.07, 6.45) is 0. The Hall–Kier alpha value is -4.20. The Balaban J connectivity index is 0.000000181. The predicted molar refractivity (Wildman–Crippen MR) is 124 cm³/mol. The molecule has 32 heavy (non-hydrogen) atoms. The van der Waals surface area contributed by atoms with Crippen LogP contribution >= 0.6 is 0 Å². The first-order chi connectivity index (χ1) is 15.2. The summed E-state index contributed by atoms with van der Waals surface area (Å²) in [5.41, 5.74) is 6.60. The zero-order valence-electron chi connectivity index (χ0n) is 18.4. The van der Waals surface area contributed by atoms with Gasteiger partial charge < -0.3 is 9.13 Å². The van der Waals surface area contributed by atoms with E-state index in [1.165, 1.54) is 24.3 Å². The minimum Gasteiger partial charge on any atom is -0.319 e. The summed E-state index contributed by atoms with van der Waals surface area (Å²) in [4.78, 5) is 20.3. The van der Waals surface area contributed by atoms with E-state index in [-0.39, 0.29) is 21.2 Å². The molecule has 4 aromatic rings. The summed E-state index contributed by atoms with van der Waals surface area (Å²) < 4.78 is 4.12. The van der Waals surface area contributed by atoms with Crippen LogP contribution in [0.4, 0.5) is 11.4 Å². The normalized spacial score (nSPS) is 10.4. The number of hydrogen-bond donors (Lipinski definition) is 0. The van der Waals surface area contributed by atoms with E-state index in [0.717, 1.165) is 34.2 Å². The number of hydrogen-bond acceptors (Lipinski definition) is 4. The van der Waals surface area contributed by atoms with Crippen molar-refractivity contribution in [3.63, 3.8) is 0 Å². The lowest BCUT2D eigenvalue weighted by Gasteiger charge is -2.08. The molecule has 0 saturated carbocycles. The van der Waals surface area contributed by atoms with Gasteiger partial charge in [-0.05, 0) is 76.2 Å². The molecule has 0 aliphatic rings. The van der Waals surface area contributed by atoms with E-state index < -0.39 is 0 Å². The van der Waals surface area contributed by atoms with Gasteiger partial charge in [-0.3, -0.25) is 20.2 Å². The SMILES string of the molecule is Cc1ccc(C)n1-c1ccc([N+](=O)[O-])cc1.Cc1ccc(C)n1-c1ccc([N+](=O)[O-])cc1. The maximum atomic E-state index is 10.5. The summed E-state index contributed by atoms with van der Waals surface area (Å²) in [7, 11) is 0. The molecule has 8 nitrogen and oxygen atoms in total. The van der Waals surface area contributed by atoms with Gasteiger partial charge in [-0.25, -0.2) is 0 Å². The maximum Gasteiger partial charge on any atom is 0.269 e. The Labute approximate surface area is 185 Å². The highest BCUT2D eigenvalue weighted by Gasteiger charge is 2.08. The molecule has 2 aromatic carbocycles. The maximum absolute atomic E-state index is 10.5. The van der Waals surface area contributed by atoms with E-state index in [2.05, 4.69) is 9.13 Å². The van der Waals surface area contributed by atoms with Gasteiger partial charge in [0, 0.05) is 58.4 Å². The Morgan fingerprint density at radius 3 is 0.969 bits per heavy atom. The van der Waals surface area contributed by atoms with Crippen LogP contribution in [0.2, 0.25) is 0 Å². The Morgan fingerprint density at radius 2 is 0.750 bits per heavy atom. The standard InChI is InChI=1S/2C12H12N2O2/c2*1-9-3-4-10(2)13(9)11-5-7-12(8-6-11)14(15)16/h2*3-8H,1-2H3. The van der Waals surface area contributed by atoms with Crippen LogP contribution in [-0.4, -0.2) is 19.0 Å². The number of benzene rings is 2. The fourth-order valence-corrected chi connectivity index (χ4v) is 3.60. The molecule has 164 valence electrons. The third-order valence-electron chi connectivity index (χ3n) is 5.18. The second kappa shape index (κ2) is 9.30. The van der Waals surface area contributed by atoms with Gasteiger partial charge in [0.2, 0.25) is 0 Å². The largest absolute Gasteiger partial charge is 0.319 e. The molecule has 0 spiro atoms. The van der Waals surface area contributed by atoms with Gasteiger partial charge in [-0.1, -0.05) is 0 Å². The fraction of sp³-hybridized carbons (Fsp3) is 0.167. The third kappa shape index (κ3) is 4.75. The minimum absolute atomic E-state index is 0.117. The van der Waals surface area contributed by atoms with Crippen LogP contribution in [0.1, 0.15) is 22.8 Å². The topological polar surface area (TPSA) is 96.1 Å². The molecule has 0 saturated heterocycles. The van der Waals surface area contributed by atoms with Crippen molar-refractivity contribution < 1.29 is 9.85 Å². The molecule has 0 aliphatic carbocycles. The van der Waals surface area contributed by atoms with Crippen LogP contribution in [0.25, 0.3) is 11.4 Å². The molecule has 8 heteroatoms. The van der Waals surface area contributed by atoms with Gasteiger partial charge in [0.1, 0.15) is 0 Å². The molecular weight excluding hydrogens is 408 g/mol. The highest BCUT2D eigenvalue weighted by Crippen LogP contribution is 2.20. The third-order valence-corrected chi connectivity index (χ3v) is 5.18. The first kappa shape index (κ1) is 22.5. The van der Waals surface area contributed by atoms with Gasteiger partial charge in [0.05, 0.1) is 9.85 Å². The first-order valence-corrected chi connectivity index (χ1v) is 9.98. The van der Waals surface area contributed by atoms with Crippen LogP contribution in [0.3, 0.4) is 0 Å². The van der Waals surface area contributed by atoms with Gasteiger partial charge in [0.25, 0.3) is 11.4 Å². The summed E-state index contributed by atoms with van der Waals surface area (Å²) in [5.74, 6) is 0. The lowest BCUT2D eigenvalue weighted by molar-refractivity contribution is -0.385. The van der Waals surface area contributed by atoms with Gasteiger partial charge in [-0.15, -0.1) is 0 Å². The number of nitro benzene ring substituents is 2.